The average molecular weight is 328 g/mol. The zero-order valence-corrected chi connectivity index (χ0v) is 14.3. The topological polar surface area (TPSA) is 87.7 Å². The first-order chi connectivity index (χ1) is 10.2. The molecule has 1 rings (SSSR count). The van der Waals surface area contributed by atoms with E-state index in [0.29, 0.717) is 12.1 Å². The standard InChI is InChI=1S/C15H24N2O4S/c1-10(17-14(20)21-15(2,3)4)5-6-16-8-12-7-11(9-22-12)13(18)19/h7,9-10,16H,5-6,8H2,1-4H3,(H,17,20)(H,18,19). The number of aromatic carboxylic acids is 1. The molecule has 1 heterocycles. The molecule has 0 aromatic carbocycles. The molecule has 7 heteroatoms. The van der Waals surface area contributed by atoms with E-state index in [0.717, 1.165) is 17.8 Å². The average Bonchev–Trinajstić information content (AvgIpc) is 2.81. The number of thiophene rings is 1. The van der Waals surface area contributed by atoms with E-state index in [9.17, 15) is 9.59 Å². The van der Waals surface area contributed by atoms with Gasteiger partial charge in [-0.25, -0.2) is 9.59 Å². The molecule has 124 valence electrons. The summed E-state index contributed by atoms with van der Waals surface area (Å²) in [6, 6.07) is 1.67. The van der Waals surface area contributed by atoms with Crippen molar-refractivity contribution in [1.82, 2.24) is 10.6 Å². The van der Waals surface area contributed by atoms with Crippen molar-refractivity contribution >= 4 is 23.4 Å². The number of rotatable bonds is 7. The maximum absolute atomic E-state index is 11.6. The molecule has 3 N–H and O–H groups in total. The van der Waals surface area contributed by atoms with Crippen molar-refractivity contribution in [2.24, 2.45) is 0 Å². The van der Waals surface area contributed by atoms with Crippen molar-refractivity contribution in [3.05, 3.63) is 21.9 Å². The van der Waals surface area contributed by atoms with Gasteiger partial charge in [0.15, 0.2) is 0 Å². The number of carbonyl (C=O) groups excluding carboxylic acids is 1. The quantitative estimate of drug-likeness (QED) is 0.670. The van der Waals surface area contributed by atoms with Crippen LogP contribution in [0.3, 0.4) is 0 Å². The predicted molar refractivity (Wildman–Crippen MR) is 86.4 cm³/mol. The largest absolute Gasteiger partial charge is 0.478 e. The van der Waals surface area contributed by atoms with Gasteiger partial charge in [-0.05, 0) is 46.7 Å². The van der Waals surface area contributed by atoms with Gasteiger partial charge in [0.1, 0.15) is 5.60 Å². The first-order valence-corrected chi connectivity index (χ1v) is 8.06. The van der Waals surface area contributed by atoms with Crippen molar-refractivity contribution in [2.45, 2.75) is 52.3 Å². The molecule has 1 atom stereocenters. The summed E-state index contributed by atoms with van der Waals surface area (Å²) in [6.07, 6.45) is 0.348. The number of amides is 1. The van der Waals surface area contributed by atoms with E-state index < -0.39 is 17.7 Å². The lowest BCUT2D eigenvalue weighted by molar-refractivity contribution is 0.0506. The van der Waals surface area contributed by atoms with Gasteiger partial charge in [-0.3, -0.25) is 0 Å². The molecular weight excluding hydrogens is 304 g/mol. The Morgan fingerprint density at radius 1 is 1.41 bits per heavy atom. The van der Waals surface area contributed by atoms with Crippen LogP contribution in [0.5, 0.6) is 0 Å². The lowest BCUT2D eigenvalue weighted by Gasteiger charge is -2.22. The summed E-state index contributed by atoms with van der Waals surface area (Å²) in [5, 5.41) is 16.5. The van der Waals surface area contributed by atoms with Gasteiger partial charge in [-0.15, -0.1) is 11.3 Å². The van der Waals surface area contributed by atoms with Crippen molar-refractivity contribution < 1.29 is 19.4 Å². The summed E-state index contributed by atoms with van der Waals surface area (Å²) in [5.41, 5.74) is -0.176. The summed E-state index contributed by atoms with van der Waals surface area (Å²) >= 11 is 1.42. The minimum atomic E-state index is -0.905. The fraction of sp³-hybridized carbons (Fsp3) is 0.600. The molecule has 0 saturated carbocycles. The highest BCUT2D eigenvalue weighted by molar-refractivity contribution is 7.10. The lowest BCUT2D eigenvalue weighted by Crippen LogP contribution is -2.38. The Morgan fingerprint density at radius 2 is 2.09 bits per heavy atom. The van der Waals surface area contributed by atoms with E-state index in [1.54, 1.807) is 11.4 Å². The van der Waals surface area contributed by atoms with Crippen LogP contribution in [0.15, 0.2) is 11.4 Å². The normalized spacial score (nSPS) is 12.7. The first-order valence-electron chi connectivity index (χ1n) is 7.18. The summed E-state index contributed by atoms with van der Waals surface area (Å²) in [7, 11) is 0. The number of alkyl carbamates (subject to hydrolysis) is 1. The molecule has 0 fully saturated rings. The first kappa shape index (κ1) is 18.4. The third-order valence-corrected chi connectivity index (χ3v) is 3.65. The van der Waals surface area contributed by atoms with Gasteiger partial charge in [-0.1, -0.05) is 0 Å². The molecule has 6 nitrogen and oxygen atoms in total. The number of carboxylic acid groups (broad SMARTS) is 1. The Morgan fingerprint density at radius 3 is 2.64 bits per heavy atom. The van der Waals surface area contributed by atoms with Crippen LogP contribution in [0, 0.1) is 0 Å². The monoisotopic (exact) mass is 328 g/mol. The second-order valence-corrected chi connectivity index (χ2v) is 7.12. The second-order valence-electron chi connectivity index (χ2n) is 6.12. The van der Waals surface area contributed by atoms with E-state index in [-0.39, 0.29) is 6.04 Å². The van der Waals surface area contributed by atoms with Gasteiger partial charge in [-0.2, -0.15) is 0 Å². The Hall–Kier alpha value is -1.60. The number of nitrogens with one attached hydrogen (secondary N) is 2. The van der Waals surface area contributed by atoms with Crippen LogP contribution in [-0.2, 0) is 11.3 Å². The number of ether oxygens (including phenoxy) is 1. The Bertz CT molecular complexity index is 508. The predicted octanol–water partition coefficient (Wildman–Crippen LogP) is 2.84. The number of carbonyl (C=O) groups is 2. The fourth-order valence-electron chi connectivity index (χ4n) is 1.70. The van der Waals surface area contributed by atoms with Crippen LogP contribution >= 0.6 is 11.3 Å². The van der Waals surface area contributed by atoms with Crippen LogP contribution in [0.1, 0.15) is 49.4 Å². The minimum Gasteiger partial charge on any atom is -0.478 e. The molecular formula is C15H24N2O4S. The van der Waals surface area contributed by atoms with E-state index in [1.807, 2.05) is 27.7 Å². The Labute approximate surface area is 134 Å². The summed E-state index contributed by atoms with van der Waals surface area (Å²) in [6.45, 7) is 8.73. The maximum atomic E-state index is 11.6. The molecule has 1 unspecified atom stereocenters. The molecule has 0 aliphatic carbocycles. The molecule has 1 amide bonds. The highest BCUT2D eigenvalue weighted by Crippen LogP contribution is 2.14. The third-order valence-electron chi connectivity index (χ3n) is 2.72. The van der Waals surface area contributed by atoms with E-state index in [1.165, 1.54) is 11.3 Å². The highest BCUT2D eigenvalue weighted by atomic mass is 32.1. The number of hydrogen-bond acceptors (Lipinski definition) is 5. The van der Waals surface area contributed by atoms with Crippen molar-refractivity contribution in [1.29, 1.82) is 0 Å². The van der Waals surface area contributed by atoms with Gasteiger partial charge in [0.2, 0.25) is 0 Å². The molecule has 0 bridgehead atoms. The molecule has 0 aliphatic heterocycles. The van der Waals surface area contributed by atoms with E-state index in [4.69, 9.17) is 9.84 Å². The molecule has 0 saturated heterocycles. The molecule has 1 aromatic rings. The van der Waals surface area contributed by atoms with Gasteiger partial charge in [0, 0.05) is 22.8 Å². The van der Waals surface area contributed by atoms with Crippen LogP contribution < -0.4 is 10.6 Å². The molecule has 0 aliphatic rings. The second kappa shape index (κ2) is 8.14. The van der Waals surface area contributed by atoms with Crippen molar-refractivity contribution in [2.75, 3.05) is 6.54 Å². The SMILES string of the molecule is CC(CCNCc1cc(C(=O)O)cs1)NC(=O)OC(C)(C)C. The van der Waals surface area contributed by atoms with Crippen LogP contribution in [0.4, 0.5) is 4.79 Å². The lowest BCUT2D eigenvalue weighted by atomic mass is 10.2. The molecule has 22 heavy (non-hydrogen) atoms. The van der Waals surface area contributed by atoms with Crippen LogP contribution in [-0.4, -0.2) is 35.4 Å². The van der Waals surface area contributed by atoms with E-state index >= 15 is 0 Å². The van der Waals surface area contributed by atoms with Gasteiger partial charge < -0.3 is 20.5 Å². The summed E-state index contributed by atoms with van der Waals surface area (Å²) in [4.78, 5) is 23.3. The van der Waals surface area contributed by atoms with Gasteiger partial charge in [0.05, 0.1) is 5.56 Å². The van der Waals surface area contributed by atoms with Gasteiger partial charge in [0.25, 0.3) is 0 Å². The van der Waals surface area contributed by atoms with Crippen LogP contribution in [0.2, 0.25) is 0 Å². The highest BCUT2D eigenvalue weighted by Gasteiger charge is 2.17. The van der Waals surface area contributed by atoms with Gasteiger partial charge >= 0.3 is 12.1 Å². The van der Waals surface area contributed by atoms with Crippen molar-refractivity contribution in [3.8, 4) is 0 Å². The number of carboxylic acids is 1. The summed E-state index contributed by atoms with van der Waals surface area (Å²) in [5.74, 6) is -0.905. The Kier molecular flexibility index (Phi) is 6.83. The molecule has 1 aromatic heterocycles. The van der Waals surface area contributed by atoms with Crippen molar-refractivity contribution in [3.63, 3.8) is 0 Å². The zero-order valence-electron chi connectivity index (χ0n) is 13.4. The molecule has 0 spiro atoms. The smallest absolute Gasteiger partial charge is 0.407 e. The maximum Gasteiger partial charge on any atom is 0.407 e. The Balaban J connectivity index is 2.20. The number of hydrogen-bond donors (Lipinski definition) is 3. The summed E-state index contributed by atoms with van der Waals surface area (Å²) < 4.78 is 5.18. The molecule has 0 radical (unpaired) electrons. The van der Waals surface area contributed by atoms with Crippen LogP contribution in [0.25, 0.3) is 0 Å². The zero-order chi connectivity index (χ0) is 16.8. The fourth-order valence-corrected chi connectivity index (χ4v) is 2.52. The van der Waals surface area contributed by atoms with E-state index in [2.05, 4.69) is 10.6 Å². The minimum absolute atomic E-state index is 0.000247. The third kappa shape index (κ3) is 7.42.